The van der Waals surface area contributed by atoms with Crippen LogP contribution < -0.4 is 5.32 Å². The molecule has 1 saturated carbocycles. The van der Waals surface area contributed by atoms with Crippen LogP contribution in [0.1, 0.15) is 32.2 Å². The van der Waals surface area contributed by atoms with Gasteiger partial charge in [-0.1, -0.05) is 6.08 Å². The molecular weight excluding hydrogens is 226 g/mol. The molecule has 0 aromatic carbocycles. The molecule has 0 bridgehead atoms. The molecule has 0 spiro atoms. The molecule has 2 aliphatic rings. The molecule has 1 aliphatic heterocycles. The van der Waals surface area contributed by atoms with Crippen molar-refractivity contribution in [2.24, 2.45) is 5.92 Å². The van der Waals surface area contributed by atoms with Gasteiger partial charge in [-0.3, -0.25) is 0 Å². The van der Waals surface area contributed by atoms with Crippen molar-refractivity contribution >= 4 is 5.82 Å². The molecule has 0 unspecified atom stereocenters. The summed E-state index contributed by atoms with van der Waals surface area (Å²) in [4.78, 5) is 0. The summed E-state index contributed by atoms with van der Waals surface area (Å²) >= 11 is 0. The fourth-order valence-corrected chi connectivity index (χ4v) is 2.49. The molecule has 4 heteroatoms. The third-order valence-corrected chi connectivity index (χ3v) is 3.84. The van der Waals surface area contributed by atoms with Gasteiger partial charge in [-0.15, -0.1) is 0 Å². The number of rotatable bonds is 5. The van der Waals surface area contributed by atoms with Gasteiger partial charge in [0, 0.05) is 12.6 Å². The highest BCUT2D eigenvalue weighted by Crippen LogP contribution is 2.40. The van der Waals surface area contributed by atoms with Gasteiger partial charge in [-0.2, -0.15) is 5.10 Å². The monoisotopic (exact) mass is 247 g/mol. The summed E-state index contributed by atoms with van der Waals surface area (Å²) in [5.74, 6) is 1.95. The quantitative estimate of drug-likeness (QED) is 0.813. The van der Waals surface area contributed by atoms with Crippen molar-refractivity contribution in [2.45, 2.75) is 32.2 Å². The first-order chi connectivity index (χ1) is 8.84. The first-order valence-corrected chi connectivity index (χ1v) is 6.87. The fourth-order valence-electron chi connectivity index (χ4n) is 2.49. The summed E-state index contributed by atoms with van der Waals surface area (Å²) in [7, 11) is 0. The number of nitrogens with one attached hydrogen (secondary N) is 1. The lowest BCUT2D eigenvalue weighted by atomic mass is 10.2. The van der Waals surface area contributed by atoms with Crippen LogP contribution in [0.15, 0.2) is 23.9 Å². The van der Waals surface area contributed by atoms with E-state index in [9.17, 15) is 0 Å². The molecule has 3 rings (SSSR count). The largest absolute Gasteiger partial charge is 0.377 e. The second kappa shape index (κ2) is 5.14. The predicted octanol–water partition coefficient (Wildman–Crippen LogP) is 2.61. The van der Waals surface area contributed by atoms with Crippen LogP contribution in [-0.4, -0.2) is 29.5 Å². The van der Waals surface area contributed by atoms with E-state index in [-0.39, 0.29) is 0 Å². The molecule has 98 valence electrons. The fraction of sp³-hybridized carbons (Fsp3) is 0.643. The van der Waals surface area contributed by atoms with E-state index in [0.717, 1.165) is 37.9 Å². The summed E-state index contributed by atoms with van der Waals surface area (Å²) in [6.07, 6.45) is 7.89. The summed E-state index contributed by atoms with van der Waals surface area (Å²) in [6, 6.07) is 2.57. The van der Waals surface area contributed by atoms with Gasteiger partial charge in [-0.05, 0) is 37.7 Å². The third-order valence-electron chi connectivity index (χ3n) is 3.84. The average molecular weight is 247 g/mol. The Morgan fingerprint density at radius 2 is 2.44 bits per heavy atom. The van der Waals surface area contributed by atoms with Crippen LogP contribution in [0.2, 0.25) is 0 Å². The number of hydrogen-bond acceptors (Lipinski definition) is 3. The van der Waals surface area contributed by atoms with E-state index in [1.165, 1.54) is 18.4 Å². The minimum Gasteiger partial charge on any atom is -0.377 e. The van der Waals surface area contributed by atoms with Crippen LogP contribution >= 0.6 is 0 Å². The van der Waals surface area contributed by atoms with E-state index in [2.05, 4.69) is 34.2 Å². The van der Waals surface area contributed by atoms with Crippen LogP contribution in [0.4, 0.5) is 5.82 Å². The summed E-state index contributed by atoms with van der Waals surface area (Å²) in [5, 5.41) is 7.92. The molecule has 0 radical (unpaired) electrons. The van der Waals surface area contributed by atoms with E-state index >= 15 is 0 Å². The zero-order valence-corrected chi connectivity index (χ0v) is 10.9. The molecular formula is C14H21N3O. The Labute approximate surface area is 108 Å². The van der Waals surface area contributed by atoms with Gasteiger partial charge in [0.2, 0.25) is 0 Å². The lowest BCUT2D eigenvalue weighted by Gasteiger charge is -2.18. The molecule has 4 nitrogen and oxygen atoms in total. The summed E-state index contributed by atoms with van der Waals surface area (Å²) in [5.41, 5.74) is 1.34. The first-order valence-electron chi connectivity index (χ1n) is 6.87. The number of ether oxygens (including phenoxy) is 1. The lowest BCUT2D eigenvalue weighted by Crippen LogP contribution is -2.18. The highest BCUT2D eigenvalue weighted by Gasteiger charge is 2.30. The van der Waals surface area contributed by atoms with Crippen LogP contribution in [0.25, 0.3) is 0 Å². The van der Waals surface area contributed by atoms with Crippen molar-refractivity contribution in [3.05, 3.63) is 23.9 Å². The van der Waals surface area contributed by atoms with Gasteiger partial charge in [0.25, 0.3) is 0 Å². The number of hydrogen-bond donors (Lipinski definition) is 1. The van der Waals surface area contributed by atoms with E-state index in [0.29, 0.717) is 6.04 Å². The van der Waals surface area contributed by atoms with Gasteiger partial charge in [-0.25, -0.2) is 4.68 Å². The lowest BCUT2D eigenvalue weighted by molar-refractivity contribution is 0.150. The number of anilines is 1. The highest BCUT2D eigenvalue weighted by molar-refractivity contribution is 5.36. The van der Waals surface area contributed by atoms with Crippen molar-refractivity contribution in [1.82, 2.24) is 9.78 Å². The Bertz CT molecular complexity index is 434. The molecule has 1 N–H and O–H groups in total. The Balaban J connectivity index is 1.62. The molecule has 2 heterocycles. The van der Waals surface area contributed by atoms with Crippen molar-refractivity contribution in [3.63, 3.8) is 0 Å². The van der Waals surface area contributed by atoms with E-state index in [1.54, 1.807) is 0 Å². The first kappa shape index (κ1) is 11.8. The maximum Gasteiger partial charge on any atom is 0.124 e. The van der Waals surface area contributed by atoms with E-state index in [1.807, 2.05) is 6.20 Å². The van der Waals surface area contributed by atoms with Crippen molar-refractivity contribution < 1.29 is 4.74 Å². The molecule has 18 heavy (non-hydrogen) atoms. The molecule has 1 fully saturated rings. The van der Waals surface area contributed by atoms with E-state index < -0.39 is 0 Å². The number of aromatic nitrogens is 2. The SMILES string of the molecule is C[C@@H](C1CC1)n1nccc1NCC1=CCCOC1. The molecule has 0 amide bonds. The molecule has 1 aromatic rings. The smallest absolute Gasteiger partial charge is 0.124 e. The minimum absolute atomic E-state index is 0.513. The van der Waals surface area contributed by atoms with Crippen LogP contribution in [0.5, 0.6) is 0 Å². The van der Waals surface area contributed by atoms with E-state index in [4.69, 9.17) is 4.74 Å². The normalized spacial score (nSPS) is 21.5. The highest BCUT2D eigenvalue weighted by atomic mass is 16.5. The Morgan fingerprint density at radius 3 is 3.17 bits per heavy atom. The Morgan fingerprint density at radius 1 is 1.56 bits per heavy atom. The topological polar surface area (TPSA) is 39.1 Å². The average Bonchev–Trinajstić information content (AvgIpc) is 3.15. The maximum atomic E-state index is 5.45. The Kier molecular flexibility index (Phi) is 3.37. The second-order valence-electron chi connectivity index (χ2n) is 5.30. The molecule has 0 saturated heterocycles. The van der Waals surface area contributed by atoms with Crippen LogP contribution in [0.3, 0.4) is 0 Å². The van der Waals surface area contributed by atoms with Gasteiger partial charge in [0.15, 0.2) is 0 Å². The molecule has 1 atom stereocenters. The molecule has 1 aliphatic carbocycles. The van der Waals surface area contributed by atoms with Gasteiger partial charge >= 0.3 is 0 Å². The van der Waals surface area contributed by atoms with Crippen molar-refractivity contribution in [1.29, 1.82) is 0 Å². The zero-order chi connectivity index (χ0) is 12.4. The summed E-state index contributed by atoms with van der Waals surface area (Å²) < 4.78 is 7.57. The standard InChI is InChI=1S/C14H21N3O/c1-11(13-4-5-13)17-14(6-7-16-17)15-9-12-3-2-8-18-10-12/h3,6-7,11,13,15H,2,4-5,8-10H2,1H3/t11-/m0/s1. The van der Waals surface area contributed by atoms with Crippen molar-refractivity contribution in [2.75, 3.05) is 25.1 Å². The predicted molar refractivity (Wildman–Crippen MR) is 71.7 cm³/mol. The van der Waals surface area contributed by atoms with Crippen LogP contribution in [-0.2, 0) is 4.74 Å². The minimum atomic E-state index is 0.513. The molecule has 1 aromatic heterocycles. The maximum absolute atomic E-state index is 5.45. The Hall–Kier alpha value is -1.29. The van der Waals surface area contributed by atoms with Crippen LogP contribution in [0, 0.1) is 5.92 Å². The van der Waals surface area contributed by atoms with Gasteiger partial charge < -0.3 is 10.1 Å². The zero-order valence-electron chi connectivity index (χ0n) is 10.9. The van der Waals surface area contributed by atoms with Gasteiger partial charge in [0.1, 0.15) is 5.82 Å². The summed E-state index contributed by atoms with van der Waals surface area (Å²) in [6.45, 7) is 4.75. The second-order valence-corrected chi connectivity index (χ2v) is 5.30. The van der Waals surface area contributed by atoms with Crippen molar-refractivity contribution in [3.8, 4) is 0 Å². The number of nitrogens with zero attached hydrogens (tertiary/aromatic N) is 2. The van der Waals surface area contributed by atoms with Gasteiger partial charge in [0.05, 0.1) is 25.5 Å². The third kappa shape index (κ3) is 2.58.